The minimum Gasteiger partial charge on any atom is -0.453 e. The number of hydrogen-bond acceptors (Lipinski definition) is 7. The summed E-state index contributed by atoms with van der Waals surface area (Å²) in [5.41, 5.74) is 5.32. The van der Waals surface area contributed by atoms with Crippen LogP contribution in [0.25, 0.3) is 22.8 Å². The van der Waals surface area contributed by atoms with Crippen molar-refractivity contribution in [2.75, 3.05) is 0 Å². The van der Waals surface area contributed by atoms with E-state index >= 15 is 0 Å². The number of rotatable bonds is 7. The lowest BCUT2D eigenvalue weighted by Gasteiger charge is -2.08. The molecular formula is C25H25N3O4. The minimum absolute atomic E-state index is 0.135. The summed E-state index contributed by atoms with van der Waals surface area (Å²) in [5.74, 6) is 1.42. The van der Waals surface area contributed by atoms with Gasteiger partial charge in [0.2, 0.25) is 5.89 Å². The molecule has 1 atom stereocenters. The van der Waals surface area contributed by atoms with Crippen molar-refractivity contribution in [2.45, 2.75) is 46.6 Å². The number of ether oxygens (including phenoxy) is 1. The number of aryl methyl sites for hydroxylation is 4. The van der Waals surface area contributed by atoms with Crippen molar-refractivity contribution in [3.63, 3.8) is 0 Å². The van der Waals surface area contributed by atoms with E-state index < -0.39 is 12.1 Å². The third-order valence-corrected chi connectivity index (χ3v) is 5.28. The minimum atomic E-state index is -0.648. The van der Waals surface area contributed by atoms with Crippen LogP contribution in [0.2, 0.25) is 0 Å². The van der Waals surface area contributed by atoms with Crippen LogP contribution in [0.3, 0.4) is 0 Å². The maximum atomic E-state index is 12.3. The molecule has 0 saturated heterocycles. The molecule has 0 aliphatic carbocycles. The van der Waals surface area contributed by atoms with Gasteiger partial charge in [0.15, 0.2) is 17.8 Å². The standard InChI is InChI=1S/C25H25N3O4/c1-15-5-8-19(9-6-15)25-28-27-24(32-25)18(4)30-23(29)12-11-22-26-14-21(31-22)20-10-7-16(2)17(3)13-20/h5-10,13-14,18H,11-12H2,1-4H3. The molecule has 0 N–H and O–H groups in total. The summed E-state index contributed by atoms with van der Waals surface area (Å²) in [7, 11) is 0. The summed E-state index contributed by atoms with van der Waals surface area (Å²) in [6.45, 7) is 7.83. The highest BCUT2D eigenvalue weighted by molar-refractivity contribution is 5.69. The van der Waals surface area contributed by atoms with Crippen molar-refractivity contribution < 1.29 is 18.4 Å². The number of esters is 1. The molecule has 0 aliphatic heterocycles. The molecule has 0 radical (unpaired) electrons. The van der Waals surface area contributed by atoms with E-state index in [1.165, 1.54) is 11.1 Å². The van der Waals surface area contributed by atoms with Gasteiger partial charge < -0.3 is 13.6 Å². The molecule has 4 rings (SSSR count). The van der Waals surface area contributed by atoms with Gasteiger partial charge in [-0.3, -0.25) is 4.79 Å². The van der Waals surface area contributed by atoms with E-state index in [-0.39, 0.29) is 12.3 Å². The smallest absolute Gasteiger partial charge is 0.307 e. The molecule has 0 bridgehead atoms. The monoisotopic (exact) mass is 431 g/mol. The summed E-state index contributed by atoms with van der Waals surface area (Å²) in [6.07, 6.45) is 1.51. The predicted molar refractivity (Wildman–Crippen MR) is 119 cm³/mol. The Balaban J connectivity index is 1.32. The predicted octanol–water partition coefficient (Wildman–Crippen LogP) is 5.55. The highest BCUT2D eigenvalue weighted by atomic mass is 16.6. The van der Waals surface area contributed by atoms with Gasteiger partial charge in [0.05, 0.1) is 12.6 Å². The molecule has 0 spiro atoms. The third-order valence-electron chi connectivity index (χ3n) is 5.28. The van der Waals surface area contributed by atoms with Crippen LogP contribution in [-0.2, 0) is 16.0 Å². The summed E-state index contributed by atoms with van der Waals surface area (Å²) in [5, 5.41) is 8.06. The Labute approximate surface area is 186 Å². The summed E-state index contributed by atoms with van der Waals surface area (Å²) in [6, 6.07) is 13.9. The van der Waals surface area contributed by atoms with Gasteiger partial charge in [-0.1, -0.05) is 29.8 Å². The van der Waals surface area contributed by atoms with Gasteiger partial charge in [-0.05, 0) is 57.0 Å². The van der Waals surface area contributed by atoms with Crippen LogP contribution in [0.1, 0.15) is 47.9 Å². The van der Waals surface area contributed by atoms with E-state index in [9.17, 15) is 4.79 Å². The highest BCUT2D eigenvalue weighted by Crippen LogP contribution is 2.25. The Morgan fingerprint density at radius 1 is 0.969 bits per heavy atom. The first kappa shape index (κ1) is 21.5. The van der Waals surface area contributed by atoms with Crippen LogP contribution in [-0.4, -0.2) is 21.2 Å². The molecule has 7 heteroatoms. The molecule has 32 heavy (non-hydrogen) atoms. The van der Waals surface area contributed by atoms with Crippen molar-refractivity contribution in [2.24, 2.45) is 0 Å². The number of nitrogens with zero attached hydrogens (tertiary/aromatic N) is 3. The fourth-order valence-electron chi connectivity index (χ4n) is 3.18. The van der Waals surface area contributed by atoms with Crippen molar-refractivity contribution in [1.29, 1.82) is 0 Å². The second-order valence-electron chi connectivity index (χ2n) is 7.86. The van der Waals surface area contributed by atoms with E-state index in [0.717, 1.165) is 16.7 Å². The van der Waals surface area contributed by atoms with Crippen LogP contribution >= 0.6 is 0 Å². The van der Waals surface area contributed by atoms with E-state index in [4.69, 9.17) is 13.6 Å². The SMILES string of the molecule is Cc1ccc(-c2nnc(C(C)OC(=O)CCc3ncc(-c4ccc(C)c(C)c4)o3)o2)cc1. The van der Waals surface area contributed by atoms with Crippen LogP contribution in [0.5, 0.6) is 0 Å². The first-order valence-corrected chi connectivity index (χ1v) is 10.5. The lowest BCUT2D eigenvalue weighted by molar-refractivity contribution is -0.149. The average molecular weight is 431 g/mol. The molecule has 164 valence electrons. The van der Waals surface area contributed by atoms with Crippen LogP contribution < -0.4 is 0 Å². The lowest BCUT2D eigenvalue weighted by Crippen LogP contribution is -2.10. The molecule has 2 aromatic carbocycles. The van der Waals surface area contributed by atoms with Gasteiger partial charge >= 0.3 is 5.97 Å². The first-order chi connectivity index (χ1) is 15.4. The van der Waals surface area contributed by atoms with Crippen molar-refractivity contribution in [1.82, 2.24) is 15.2 Å². The number of aromatic nitrogens is 3. The summed E-state index contributed by atoms with van der Waals surface area (Å²) >= 11 is 0. The zero-order valence-electron chi connectivity index (χ0n) is 18.6. The fourth-order valence-corrected chi connectivity index (χ4v) is 3.18. The average Bonchev–Trinajstić information content (AvgIpc) is 3.45. The third kappa shape index (κ3) is 4.94. The number of carbonyl (C=O) groups excluding carboxylic acids is 1. The Bertz CT molecular complexity index is 1220. The zero-order chi connectivity index (χ0) is 22.7. The Kier molecular flexibility index (Phi) is 6.16. The van der Waals surface area contributed by atoms with Crippen molar-refractivity contribution in [3.05, 3.63) is 77.1 Å². The molecular weight excluding hydrogens is 406 g/mol. The van der Waals surface area contributed by atoms with Gasteiger partial charge in [-0.15, -0.1) is 10.2 Å². The first-order valence-electron chi connectivity index (χ1n) is 10.5. The largest absolute Gasteiger partial charge is 0.453 e. The van der Waals surface area contributed by atoms with Gasteiger partial charge in [-0.25, -0.2) is 4.98 Å². The molecule has 0 fully saturated rings. The number of benzene rings is 2. The second kappa shape index (κ2) is 9.18. The van der Waals surface area contributed by atoms with Crippen LogP contribution in [0.4, 0.5) is 0 Å². The molecule has 7 nitrogen and oxygen atoms in total. The lowest BCUT2D eigenvalue weighted by atomic mass is 10.1. The van der Waals surface area contributed by atoms with Crippen LogP contribution in [0.15, 0.2) is 57.5 Å². The highest BCUT2D eigenvalue weighted by Gasteiger charge is 2.19. The fraction of sp³-hybridized carbons (Fsp3) is 0.280. The summed E-state index contributed by atoms with van der Waals surface area (Å²) < 4.78 is 16.9. The van der Waals surface area contributed by atoms with Gasteiger partial charge in [0, 0.05) is 17.5 Å². The molecule has 1 unspecified atom stereocenters. The number of carbonyl (C=O) groups is 1. The van der Waals surface area contributed by atoms with Gasteiger partial charge in [-0.2, -0.15) is 0 Å². The Hall–Kier alpha value is -3.74. The topological polar surface area (TPSA) is 91.2 Å². The molecule has 0 saturated carbocycles. The molecule has 4 aromatic rings. The quantitative estimate of drug-likeness (QED) is 0.354. The van der Waals surface area contributed by atoms with Crippen molar-refractivity contribution >= 4 is 5.97 Å². The Morgan fingerprint density at radius 2 is 1.72 bits per heavy atom. The molecule has 2 heterocycles. The van der Waals surface area contributed by atoms with E-state index in [2.05, 4.69) is 35.1 Å². The molecule has 2 aromatic heterocycles. The zero-order valence-corrected chi connectivity index (χ0v) is 18.6. The van der Waals surface area contributed by atoms with Crippen molar-refractivity contribution in [3.8, 4) is 22.8 Å². The summed E-state index contributed by atoms with van der Waals surface area (Å²) in [4.78, 5) is 16.6. The van der Waals surface area contributed by atoms with E-state index in [1.54, 1.807) is 13.1 Å². The number of hydrogen-bond donors (Lipinski definition) is 0. The molecule has 0 amide bonds. The van der Waals surface area contributed by atoms with Gasteiger partial charge in [0.25, 0.3) is 5.89 Å². The number of oxazole rings is 1. The van der Waals surface area contributed by atoms with Crippen LogP contribution in [0, 0.1) is 20.8 Å². The maximum Gasteiger partial charge on any atom is 0.307 e. The normalized spacial score (nSPS) is 12.0. The second-order valence-corrected chi connectivity index (χ2v) is 7.86. The van der Waals surface area contributed by atoms with E-state index in [1.807, 2.05) is 43.3 Å². The Morgan fingerprint density at radius 3 is 2.47 bits per heavy atom. The molecule has 0 aliphatic rings. The van der Waals surface area contributed by atoms with Gasteiger partial charge in [0.1, 0.15) is 0 Å². The maximum absolute atomic E-state index is 12.3. The van der Waals surface area contributed by atoms with E-state index in [0.29, 0.717) is 24.0 Å².